The van der Waals surface area contributed by atoms with Gasteiger partial charge in [0.15, 0.2) is 23.9 Å². The van der Waals surface area contributed by atoms with Gasteiger partial charge in [0.1, 0.15) is 35.8 Å². The number of aromatic nitrogens is 10. The van der Waals surface area contributed by atoms with Gasteiger partial charge < -0.3 is 29.9 Å². The number of fused-ring (bicyclic) bond motifs is 6. The molecule has 2 saturated heterocycles. The Morgan fingerprint density at radius 1 is 0.530 bits per heavy atom. The van der Waals surface area contributed by atoms with Crippen molar-refractivity contribution < 1.29 is 9.47 Å². The van der Waals surface area contributed by atoms with Crippen LogP contribution in [0.4, 0.5) is 23.5 Å². The number of hydrogen-bond acceptors (Lipinski definition) is 14. The van der Waals surface area contributed by atoms with Crippen LogP contribution in [0.1, 0.15) is 86.6 Å². The third-order valence-corrected chi connectivity index (χ3v) is 14.8. The van der Waals surface area contributed by atoms with Crippen LogP contribution in [0.15, 0.2) is 73.3 Å². The zero-order valence-corrected chi connectivity index (χ0v) is 38.9. The summed E-state index contributed by atoms with van der Waals surface area (Å²) in [5, 5.41) is 18.4. The standard InChI is InChI=1S/2C24H28ClN7O/c2*1-15-11-21(27-14-26-15)31-12-16-4-5-17(13-31)22(16)28-24-29-23-20(3-2-10-32(23)30-24)33-19-8-6-18(25)7-9-19/h2*6-9,11,14,16-17,20,22H,2-5,10,12-13H2,1H3,(H,28,30)/t2*16-,17+,20-,22?/m10/s1. The first kappa shape index (κ1) is 42.9. The SMILES string of the molecule is Cc1cc(N2C[C@H]3CC[C@@H](C2)C3Nc2nc3n(n2)CCC[C@@H]3Oc2ccc(Cl)cc2)ncn1.Cc1cc(N2C[C@H]3CC[C@@H](C2)C3Nc2nc3n(n2)CCC[C@H]3Oc2ccc(Cl)cc2)ncn1. The van der Waals surface area contributed by atoms with Gasteiger partial charge in [0.25, 0.3) is 0 Å². The minimum absolute atomic E-state index is 0.0949. The molecule has 4 aliphatic heterocycles. The number of piperidine rings is 2. The second-order valence-electron chi connectivity index (χ2n) is 18.8. The van der Waals surface area contributed by atoms with Crippen LogP contribution >= 0.6 is 23.2 Å². The van der Waals surface area contributed by atoms with Gasteiger partial charge in [-0.05, 0) is 137 Å². The number of halogens is 2. The summed E-state index contributed by atoms with van der Waals surface area (Å²) < 4.78 is 16.5. The number of nitrogens with one attached hydrogen (secondary N) is 2. The average Bonchev–Trinajstić information content (AvgIpc) is 4.05. The minimum atomic E-state index is -0.0949. The van der Waals surface area contributed by atoms with E-state index < -0.39 is 0 Å². The smallest absolute Gasteiger partial charge is 0.242 e. The van der Waals surface area contributed by atoms with Crippen molar-refractivity contribution in [3.05, 3.63) is 106 Å². The molecule has 0 amide bonds. The van der Waals surface area contributed by atoms with Gasteiger partial charge in [0.05, 0.1) is 0 Å². The maximum Gasteiger partial charge on any atom is 0.242 e. The van der Waals surface area contributed by atoms with Gasteiger partial charge in [0.2, 0.25) is 11.9 Å². The first-order valence-electron chi connectivity index (χ1n) is 23.6. The fraction of sp³-hybridized carbons (Fsp3) is 0.500. The number of aryl methyl sites for hydroxylation is 4. The normalized spacial score (nSPS) is 26.2. The number of anilines is 4. The molecule has 2 saturated carbocycles. The highest BCUT2D eigenvalue weighted by Crippen LogP contribution is 2.42. The summed E-state index contributed by atoms with van der Waals surface area (Å²) >= 11 is 12.0. The predicted molar refractivity (Wildman–Crippen MR) is 253 cm³/mol. The number of hydrogen-bond donors (Lipinski definition) is 2. The number of rotatable bonds is 10. The summed E-state index contributed by atoms with van der Waals surface area (Å²) in [6.45, 7) is 9.79. The molecule has 16 nitrogen and oxygen atoms in total. The molecule has 344 valence electrons. The molecule has 6 aromatic rings. The van der Waals surface area contributed by atoms with E-state index in [-0.39, 0.29) is 12.2 Å². The summed E-state index contributed by atoms with van der Waals surface area (Å²) in [5.74, 6) is 9.17. The molecule has 2 unspecified atom stereocenters. The van der Waals surface area contributed by atoms with Crippen molar-refractivity contribution in [1.29, 1.82) is 0 Å². The lowest BCUT2D eigenvalue weighted by atomic mass is 9.92. The second kappa shape index (κ2) is 18.5. The van der Waals surface area contributed by atoms with E-state index in [0.29, 0.717) is 45.8 Å². The van der Waals surface area contributed by atoms with Crippen LogP contribution < -0.4 is 29.9 Å². The van der Waals surface area contributed by atoms with E-state index >= 15 is 0 Å². The highest BCUT2D eigenvalue weighted by molar-refractivity contribution is 6.30. The predicted octanol–water partition coefficient (Wildman–Crippen LogP) is 8.54. The van der Waals surface area contributed by atoms with Gasteiger partial charge >= 0.3 is 0 Å². The van der Waals surface area contributed by atoms with Crippen LogP contribution in [0.5, 0.6) is 11.5 Å². The Morgan fingerprint density at radius 3 is 1.30 bits per heavy atom. The molecular formula is C48H56Cl2N14O2. The molecule has 2 aliphatic carbocycles. The van der Waals surface area contributed by atoms with Gasteiger partial charge in [-0.3, -0.25) is 0 Å². The van der Waals surface area contributed by atoms with Crippen molar-refractivity contribution in [2.24, 2.45) is 23.7 Å². The highest BCUT2D eigenvalue weighted by atomic mass is 35.5. The molecule has 4 bridgehead atoms. The quantitative estimate of drug-likeness (QED) is 0.134. The lowest BCUT2D eigenvalue weighted by Crippen LogP contribution is -2.48. The summed E-state index contributed by atoms with van der Waals surface area (Å²) in [6, 6.07) is 20.0. The Bertz CT molecular complexity index is 2420. The maximum absolute atomic E-state index is 6.24. The van der Waals surface area contributed by atoms with E-state index in [2.05, 4.69) is 52.5 Å². The highest BCUT2D eigenvalue weighted by Gasteiger charge is 2.44. The summed E-state index contributed by atoms with van der Waals surface area (Å²) in [6.07, 6.45) is 11.9. The Kier molecular flexibility index (Phi) is 12.0. The molecule has 4 aromatic heterocycles. The minimum Gasteiger partial charge on any atom is -0.482 e. The Morgan fingerprint density at radius 2 is 0.924 bits per heavy atom. The molecule has 8 atom stereocenters. The van der Waals surface area contributed by atoms with E-state index in [1.54, 1.807) is 12.7 Å². The first-order valence-corrected chi connectivity index (χ1v) is 24.3. The summed E-state index contributed by atoms with van der Waals surface area (Å²) in [7, 11) is 0. The van der Waals surface area contributed by atoms with E-state index in [9.17, 15) is 0 Å². The molecule has 2 aromatic carbocycles. The summed E-state index contributed by atoms with van der Waals surface area (Å²) in [4.78, 5) is 32.1. The molecule has 2 N–H and O–H groups in total. The van der Waals surface area contributed by atoms with Gasteiger partial charge in [0, 0.05) is 84.9 Å². The van der Waals surface area contributed by atoms with Crippen molar-refractivity contribution in [3.8, 4) is 11.5 Å². The van der Waals surface area contributed by atoms with E-state index in [4.69, 9.17) is 52.8 Å². The number of nitrogens with zero attached hydrogens (tertiary/aromatic N) is 12. The van der Waals surface area contributed by atoms with Crippen molar-refractivity contribution in [2.75, 3.05) is 46.6 Å². The third kappa shape index (κ3) is 9.18. The maximum atomic E-state index is 6.24. The Labute approximate surface area is 394 Å². The van der Waals surface area contributed by atoms with Crippen LogP contribution in [-0.2, 0) is 13.1 Å². The largest absolute Gasteiger partial charge is 0.482 e. The van der Waals surface area contributed by atoms with Crippen molar-refractivity contribution in [2.45, 2.75) is 103 Å². The molecule has 0 spiro atoms. The fourth-order valence-corrected chi connectivity index (χ4v) is 11.4. The zero-order chi connectivity index (χ0) is 44.7. The molecule has 6 aliphatic rings. The monoisotopic (exact) mass is 930 g/mol. The average molecular weight is 932 g/mol. The van der Waals surface area contributed by atoms with Crippen molar-refractivity contribution in [1.82, 2.24) is 49.5 Å². The van der Waals surface area contributed by atoms with Crippen LogP contribution in [0.2, 0.25) is 10.0 Å². The molecular weight excluding hydrogens is 876 g/mol. The van der Waals surface area contributed by atoms with Crippen molar-refractivity contribution >= 4 is 46.7 Å². The topological polar surface area (TPSA) is 162 Å². The number of benzene rings is 2. The molecule has 8 heterocycles. The van der Waals surface area contributed by atoms with E-state index in [1.165, 1.54) is 25.7 Å². The number of ether oxygens (including phenoxy) is 2. The zero-order valence-electron chi connectivity index (χ0n) is 37.4. The van der Waals surface area contributed by atoms with E-state index in [0.717, 1.165) is 123 Å². The fourth-order valence-electron chi connectivity index (χ4n) is 11.1. The Hall–Kier alpha value is -5.74. The first-order chi connectivity index (χ1) is 32.2. The van der Waals surface area contributed by atoms with Crippen LogP contribution in [0.3, 0.4) is 0 Å². The molecule has 12 rings (SSSR count). The van der Waals surface area contributed by atoms with Crippen LogP contribution in [0.25, 0.3) is 0 Å². The molecule has 66 heavy (non-hydrogen) atoms. The van der Waals surface area contributed by atoms with E-state index in [1.807, 2.05) is 71.7 Å². The van der Waals surface area contributed by atoms with Crippen molar-refractivity contribution in [3.63, 3.8) is 0 Å². The molecule has 4 fully saturated rings. The van der Waals surface area contributed by atoms with Crippen LogP contribution in [0, 0.1) is 37.5 Å². The van der Waals surface area contributed by atoms with Gasteiger partial charge in [-0.15, -0.1) is 10.2 Å². The molecule has 0 radical (unpaired) electrons. The lowest BCUT2D eigenvalue weighted by molar-refractivity contribution is 0.155. The Balaban J connectivity index is 0.000000146. The third-order valence-electron chi connectivity index (χ3n) is 14.3. The second-order valence-corrected chi connectivity index (χ2v) is 19.7. The van der Waals surface area contributed by atoms with Gasteiger partial charge in [-0.25, -0.2) is 29.3 Å². The molecule has 18 heteroatoms. The van der Waals surface area contributed by atoms with Crippen LogP contribution in [-0.4, -0.2) is 87.7 Å². The van der Waals surface area contributed by atoms with Gasteiger partial charge in [-0.2, -0.15) is 9.97 Å². The lowest BCUT2D eigenvalue weighted by Gasteiger charge is -2.38. The van der Waals surface area contributed by atoms with Gasteiger partial charge in [-0.1, -0.05) is 23.2 Å². The summed E-state index contributed by atoms with van der Waals surface area (Å²) in [5.41, 5.74) is 2.02.